The van der Waals surface area contributed by atoms with E-state index in [2.05, 4.69) is 11.4 Å². The van der Waals surface area contributed by atoms with Crippen molar-refractivity contribution in [2.24, 2.45) is 0 Å². The summed E-state index contributed by atoms with van der Waals surface area (Å²) >= 11 is 0. The Morgan fingerprint density at radius 2 is 2.36 bits per heavy atom. The van der Waals surface area contributed by atoms with Gasteiger partial charge in [-0.1, -0.05) is 0 Å². The Labute approximate surface area is 84.9 Å². The van der Waals surface area contributed by atoms with Crippen molar-refractivity contribution in [1.82, 2.24) is 10.2 Å². The molecule has 1 N–H and O–H groups in total. The van der Waals surface area contributed by atoms with Crippen LogP contribution in [0.25, 0.3) is 0 Å². The summed E-state index contributed by atoms with van der Waals surface area (Å²) in [6, 6.07) is 2.61. The number of hydrogen-bond acceptors (Lipinski definition) is 3. The van der Waals surface area contributed by atoms with Crippen LogP contribution in [-0.4, -0.2) is 36.5 Å². The predicted molar refractivity (Wildman–Crippen MR) is 53.5 cm³/mol. The van der Waals surface area contributed by atoms with Gasteiger partial charge < -0.3 is 10.2 Å². The Hall–Kier alpha value is -1.08. The van der Waals surface area contributed by atoms with Crippen LogP contribution in [0.15, 0.2) is 0 Å². The average Bonchev–Trinajstić information content (AvgIpc) is 2.99. The van der Waals surface area contributed by atoms with Gasteiger partial charge in [-0.2, -0.15) is 5.26 Å². The minimum Gasteiger partial charge on any atom is -0.341 e. The topological polar surface area (TPSA) is 56.1 Å². The molecular formula is C10H17N3O. The first-order valence-corrected chi connectivity index (χ1v) is 5.16. The second kappa shape index (κ2) is 5.61. The summed E-state index contributed by atoms with van der Waals surface area (Å²) in [5.74, 6) is 0.106. The first kappa shape index (κ1) is 11.0. The van der Waals surface area contributed by atoms with Gasteiger partial charge in [0, 0.05) is 19.1 Å². The lowest BCUT2D eigenvalue weighted by Gasteiger charge is -2.19. The zero-order valence-corrected chi connectivity index (χ0v) is 8.62. The van der Waals surface area contributed by atoms with E-state index < -0.39 is 0 Å². The molecule has 4 nitrogen and oxygen atoms in total. The van der Waals surface area contributed by atoms with Gasteiger partial charge in [-0.3, -0.25) is 4.79 Å². The molecule has 1 aliphatic carbocycles. The van der Waals surface area contributed by atoms with Crippen molar-refractivity contribution in [3.05, 3.63) is 0 Å². The molecule has 1 rings (SSSR count). The SMILES string of the molecule is CCN(CCC#N)C(=O)CNC1CC1. The highest BCUT2D eigenvalue weighted by Crippen LogP contribution is 2.18. The second-order valence-corrected chi connectivity index (χ2v) is 3.54. The molecule has 0 unspecified atom stereocenters. The third-order valence-electron chi connectivity index (χ3n) is 2.35. The lowest BCUT2D eigenvalue weighted by atomic mass is 10.3. The van der Waals surface area contributed by atoms with Crippen molar-refractivity contribution in [3.8, 4) is 6.07 Å². The zero-order chi connectivity index (χ0) is 10.4. The first-order valence-electron chi connectivity index (χ1n) is 5.16. The summed E-state index contributed by atoms with van der Waals surface area (Å²) in [6.45, 7) is 3.60. The van der Waals surface area contributed by atoms with Crippen LogP contribution in [-0.2, 0) is 4.79 Å². The fraction of sp³-hybridized carbons (Fsp3) is 0.800. The number of nitrogens with zero attached hydrogens (tertiary/aromatic N) is 2. The molecule has 0 aliphatic heterocycles. The average molecular weight is 195 g/mol. The van der Waals surface area contributed by atoms with Crippen LogP contribution in [0.4, 0.5) is 0 Å². The van der Waals surface area contributed by atoms with Gasteiger partial charge in [-0.05, 0) is 19.8 Å². The van der Waals surface area contributed by atoms with E-state index in [0.717, 1.165) is 0 Å². The Kier molecular flexibility index (Phi) is 4.41. The standard InChI is InChI=1S/C10H17N3O/c1-2-13(7-3-6-11)10(14)8-12-9-4-5-9/h9,12H,2-5,7-8H2,1H3. The molecule has 0 aromatic heterocycles. The molecular weight excluding hydrogens is 178 g/mol. The van der Waals surface area contributed by atoms with E-state index in [1.54, 1.807) is 4.90 Å². The molecule has 0 aromatic carbocycles. The third-order valence-corrected chi connectivity index (χ3v) is 2.35. The zero-order valence-electron chi connectivity index (χ0n) is 8.62. The Morgan fingerprint density at radius 3 is 2.86 bits per heavy atom. The largest absolute Gasteiger partial charge is 0.341 e. The van der Waals surface area contributed by atoms with Gasteiger partial charge >= 0.3 is 0 Å². The Bertz CT molecular complexity index is 230. The highest BCUT2D eigenvalue weighted by atomic mass is 16.2. The Balaban J connectivity index is 2.19. The fourth-order valence-corrected chi connectivity index (χ4v) is 1.28. The lowest BCUT2D eigenvalue weighted by Crippen LogP contribution is -2.39. The maximum atomic E-state index is 11.6. The highest BCUT2D eigenvalue weighted by molar-refractivity contribution is 5.78. The van der Waals surface area contributed by atoms with Gasteiger partial charge in [0.05, 0.1) is 19.0 Å². The molecule has 0 aromatic rings. The number of carbonyl (C=O) groups is 1. The third kappa shape index (κ3) is 3.75. The minimum atomic E-state index is 0.106. The molecule has 78 valence electrons. The van der Waals surface area contributed by atoms with E-state index in [1.165, 1.54) is 12.8 Å². The summed E-state index contributed by atoms with van der Waals surface area (Å²) in [6.07, 6.45) is 2.80. The van der Waals surface area contributed by atoms with Crippen molar-refractivity contribution in [2.75, 3.05) is 19.6 Å². The molecule has 0 bridgehead atoms. The maximum Gasteiger partial charge on any atom is 0.236 e. The van der Waals surface area contributed by atoms with E-state index in [4.69, 9.17) is 5.26 Å². The van der Waals surface area contributed by atoms with Crippen molar-refractivity contribution >= 4 is 5.91 Å². The minimum absolute atomic E-state index is 0.106. The van der Waals surface area contributed by atoms with E-state index in [1.807, 2.05) is 6.92 Å². The number of nitriles is 1. The number of rotatable bonds is 6. The van der Waals surface area contributed by atoms with Crippen LogP contribution in [0.3, 0.4) is 0 Å². The van der Waals surface area contributed by atoms with Crippen LogP contribution in [0.1, 0.15) is 26.2 Å². The van der Waals surface area contributed by atoms with Crippen LogP contribution in [0.5, 0.6) is 0 Å². The van der Waals surface area contributed by atoms with Crippen molar-refractivity contribution < 1.29 is 4.79 Å². The number of nitrogens with one attached hydrogen (secondary N) is 1. The molecule has 0 radical (unpaired) electrons. The molecule has 1 saturated carbocycles. The number of likely N-dealkylation sites (N-methyl/N-ethyl adjacent to an activating group) is 1. The van der Waals surface area contributed by atoms with E-state index in [9.17, 15) is 4.79 Å². The smallest absolute Gasteiger partial charge is 0.236 e. The molecule has 0 atom stereocenters. The quantitative estimate of drug-likeness (QED) is 0.671. The second-order valence-electron chi connectivity index (χ2n) is 3.54. The van der Waals surface area contributed by atoms with Crippen molar-refractivity contribution in [2.45, 2.75) is 32.2 Å². The van der Waals surface area contributed by atoms with E-state index in [-0.39, 0.29) is 5.91 Å². The molecule has 0 heterocycles. The maximum absolute atomic E-state index is 11.6. The summed E-state index contributed by atoms with van der Waals surface area (Å²) in [5.41, 5.74) is 0. The van der Waals surface area contributed by atoms with Crippen LogP contribution in [0, 0.1) is 11.3 Å². The van der Waals surface area contributed by atoms with Gasteiger partial charge in [-0.25, -0.2) is 0 Å². The molecule has 1 fully saturated rings. The summed E-state index contributed by atoms with van der Waals surface area (Å²) in [4.78, 5) is 13.3. The number of hydrogen-bond donors (Lipinski definition) is 1. The monoisotopic (exact) mass is 195 g/mol. The molecule has 1 amide bonds. The molecule has 0 spiro atoms. The number of amides is 1. The van der Waals surface area contributed by atoms with Gasteiger partial charge in [0.25, 0.3) is 0 Å². The molecule has 0 saturated heterocycles. The van der Waals surface area contributed by atoms with Crippen LogP contribution in [0.2, 0.25) is 0 Å². The lowest BCUT2D eigenvalue weighted by molar-refractivity contribution is -0.130. The number of carbonyl (C=O) groups excluding carboxylic acids is 1. The van der Waals surface area contributed by atoms with Crippen molar-refractivity contribution in [3.63, 3.8) is 0 Å². The molecule has 1 aliphatic rings. The van der Waals surface area contributed by atoms with Crippen LogP contribution < -0.4 is 5.32 Å². The summed E-state index contributed by atoms with van der Waals surface area (Å²) < 4.78 is 0. The van der Waals surface area contributed by atoms with Gasteiger partial charge in [0.15, 0.2) is 0 Å². The van der Waals surface area contributed by atoms with Gasteiger partial charge in [0.2, 0.25) is 5.91 Å². The van der Waals surface area contributed by atoms with Gasteiger partial charge in [-0.15, -0.1) is 0 Å². The molecule has 4 heteroatoms. The Morgan fingerprint density at radius 1 is 1.64 bits per heavy atom. The normalized spacial score (nSPS) is 14.9. The van der Waals surface area contributed by atoms with Crippen LogP contribution >= 0.6 is 0 Å². The fourth-order valence-electron chi connectivity index (χ4n) is 1.28. The van der Waals surface area contributed by atoms with Crippen molar-refractivity contribution in [1.29, 1.82) is 5.26 Å². The highest BCUT2D eigenvalue weighted by Gasteiger charge is 2.22. The summed E-state index contributed by atoms with van der Waals surface area (Å²) in [7, 11) is 0. The molecule has 14 heavy (non-hydrogen) atoms. The van der Waals surface area contributed by atoms with Gasteiger partial charge in [0.1, 0.15) is 0 Å². The van der Waals surface area contributed by atoms with E-state index >= 15 is 0 Å². The summed E-state index contributed by atoms with van der Waals surface area (Å²) in [5, 5.41) is 11.6. The first-order chi connectivity index (χ1) is 6.77. The predicted octanol–water partition coefficient (Wildman–Crippen LogP) is 0.501. The van der Waals surface area contributed by atoms with E-state index in [0.29, 0.717) is 32.1 Å².